The molecule has 1 saturated heterocycles. The zero-order valence-corrected chi connectivity index (χ0v) is 25.1. The molecule has 3 aromatic rings. The normalized spacial score (nSPS) is 14.8. The summed E-state index contributed by atoms with van der Waals surface area (Å²) in [7, 11) is 1.51. The van der Waals surface area contributed by atoms with Crippen molar-refractivity contribution >= 4 is 78.1 Å². The zero-order valence-electron chi connectivity index (χ0n) is 21.2. The number of unbranched alkanes of at least 4 members (excludes halogenated alkanes) is 1. The monoisotopic (exact) mass is 628 g/mol. The topological polar surface area (TPSA) is 82.6 Å². The van der Waals surface area contributed by atoms with Crippen LogP contribution in [0, 0.1) is 6.92 Å². The van der Waals surface area contributed by atoms with E-state index in [4.69, 9.17) is 27.9 Å². The molecule has 1 aromatic carbocycles. The van der Waals surface area contributed by atoms with Crippen molar-refractivity contribution in [3.63, 3.8) is 0 Å². The average Bonchev–Trinajstić information content (AvgIpc) is 3.35. The van der Waals surface area contributed by atoms with Crippen LogP contribution in [-0.4, -0.2) is 78.6 Å². The summed E-state index contributed by atoms with van der Waals surface area (Å²) in [5, 5.41) is 8.62. The number of likely N-dealkylation sites (N-methyl/N-ethyl adjacent to an activating group) is 1. The van der Waals surface area contributed by atoms with Gasteiger partial charge in [0.25, 0.3) is 5.91 Å². The number of nitrogens with zero attached hydrogens (tertiary/aromatic N) is 4. The quantitative estimate of drug-likeness (QED) is 0.260. The molecule has 0 saturated carbocycles. The number of amides is 1. The molecule has 37 heavy (non-hydrogen) atoms. The highest BCUT2D eigenvalue weighted by Gasteiger charge is 2.23. The van der Waals surface area contributed by atoms with Gasteiger partial charge in [-0.25, -0.2) is 9.97 Å². The van der Waals surface area contributed by atoms with Crippen LogP contribution < -0.4 is 15.4 Å². The summed E-state index contributed by atoms with van der Waals surface area (Å²) in [5.74, 6) is 0.792. The molecule has 200 valence electrons. The second-order valence-electron chi connectivity index (χ2n) is 8.89. The van der Waals surface area contributed by atoms with Crippen LogP contribution in [0.3, 0.4) is 0 Å². The standard InChI is InChI=1S/C25H31BrCl2N6O2S/c1-4-33-9-11-34(12-10-33)8-6-5-7-29-24-23-20(30-14-31-24)16(13-37-23)25(35)32-21-18(27)15(2)17(26)22(36-3)19(21)28/h13-14H,4-12H2,1-3H3,(H,32,35)(H,29,30,31). The second kappa shape index (κ2) is 12.9. The lowest BCUT2D eigenvalue weighted by atomic mass is 10.2. The maximum absolute atomic E-state index is 13.2. The van der Waals surface area contributed by atoms with Gasteiger partial charge in [-0.05, 0) is 54.3 Å². The Bertz CT molecular complexity index is 1270. The Hall–Kier alpha value is -1.69. The lowest BCUT2D eigenvalue weighted by Gasteiger charge is -2.33. The molecule has 3 heterocycles. The van der Waals surface area contributed by atoms with Crippen LogP contribution in [-0.2, 0) is 0 Å². The number of thiophene rings is 1. The number of halogens is 3. The highest BCUT2D eigenvalue weighted by atomic mass is 79.9. The second-order valence-corrected chi connectivity index (χ2v) is 11.3. The first kappa shape index (κ1) is 28.3. The summed E-state index contributed by atoms with van der Waals surface area (Å²) in [6.45, 7) is 11.7. The van der Waals surface area contributed by atoms with E-state index in [2.05, 4.69) is 53.3 Å². The minimum absolute atomic E-state index is 0.224. The highest BCUT2D eigenvalue weighted by molar-refractivity contribution is 9.10. The van der Waals surface area contributed by atoms with Crippen molar-refractivity contribution in [3.8, 4) is 5.75 Å². The van der Waals surface area contributed by atoms with Gasteiger partial charge in [-0.15, -0.1) is 11.3 Å². The number of nitrogens with one attached hydrogen (secondary N) is 2. The summed E-state index contributed by atoms with van der Waals surface area (Å²) in [6.07, 6.45) is 3.65. The van der Waals surface area contributed by atoms with Crippen molar-refractivity contribution in [2.75, 3.05) is 63.6 Å². The van der Waals surface area contributed by atoms with E-state index < -0.39 is 0 Å². The molecular weight excluding hydrogens is 599 g/mol. The Labute approximate surface area is 239 Å². The van der Waals surface area contributed by atoms with Gasteiger partial charge in [0.1, 0.15) is 17.2 Å². The van der Waals surface area contributed by atoms with Gasteiger partial charge >= 0.3 is 0 Å². The number of anilines is 2. The summed E-state index contributed by atoms with van der Waals surface area (Å²) in [6, 6.07) is 0. The highest BCUT2D eigenvalue weighted by Crippen LogP contribution is 2.46. The number of benzene rings is 1. The van der Waals surface area contributed by atoms with Crippen LogP contribution in [0.1, 0.15) is 35.7 Å². The summed E-state index contributed by atoms with van der Waals surface area (Å²) >= 11 is 17.9. The van der Waals surface area contributed by atoms with E-state index in [1.54, 1.807) is 5.38 Å². The van der Waals surface area contributed by atoms with Crippen LogP contribution in [0.5, 0.6) is 5.75 Å². The number of piperazine rings is 1. The number of ether oxygens (including phenoxy) is 1. The number of carbonyl (C=O) groups excluding carboxylic acids is 1. The maximum atomic E-state index is 13.2. The van der Waals surface area contributed by atoms with Crippen LogP contribution in [0.15, 0.2) is 16.2 Å². The molecular formula is C25H31BrCl2N6O2S. The fourth-order valence-corrected chi connectivity index (χ4v) is 6.71. The van der Waals surface area contributed by atoms with Crippen molar-refractivity contribution in [2.24, 2.45) is 0 Å². The van der Waals surface area contributed by atoms with Crippen molar-refractivity contribution in [3.05, 3.63) is 37.4 Å². The summed E-state index contributed by atoms with van der Waals surface area (Å²) in [4.78, 5) is 27.1. The van der Waals surface area contributed by atoms with Gasteiger partial charge < -0.3 is 25.2 Å². The van der Waals surface area contributed by atoms with Crippen LogP contribution >= 0.6 is 50.5 Å². The zero-order chi connectivity index (χ0) is 26.5. The minimum atomic E-state index is -0.355. The predicted octanol–water partition coefficient (Wildman–Crippen LogP) is 6.16. The number of fused-ring (bicyclic) bond motifs is 1. The predicted molar refractivity (Wildman–Crippen MR) is 157 cm³/mol. The van der Waals surface area contributed by atoms with Gasteiger partial charge in [-0.3, -0.25) is 4.79 Å². The molecule has 1 amide bonds. The van der Waals surface area contributed by atoms with Gasteiger partial charge in [0.15, 0.2) is 5.75 Å². The van der Waals surface area contributed by atoms with Crippen molar-refractivity contribution in [1.29, 1.82) is 0 Å². The molecule has 2 N–H and O–H groups in total. The lowest BCUT2D eigenvalue weighted by molar-refractivity contribution is 0.102. The minimum Gasteiger partial charge on any atom is -0.494 e. The number of aromatic nitrogens is 2. The molecule has 0 bridgehead atoms. The van der Waals surface area contributed by atoms with Gasteiger partial charge in [-0.2, -0.15) is 0 Å². The first-order valence-corrected chi connectivity index (χ1v) is 14.7. The van der Waals surface area contributed by atoms with Gasteiger partial charge in [0, 0.05) is 38.1 Å². The Morgan fingerprint density at radius 2 is 1.89 bits per heavy atom. The van der Waals surface area contributed by atoms with E-state index in [0.29, 0.717) is 37.6 Å². The third-order valence-electron chi connectivity index (χ3n) is 6.64. The third-order valence-corrected chi connectivity index (χ3v) is 9.41. The fraction of sp³-hybridized carbons (Fsp3) is 0.480. The number of hydrogen-bond acceptors (Lipinski definition) is 8. The van der Waals surface area contributed by atoms with Gasteiger partial charge in [0.05, 0.1) is 38.1 Å². The summed E-state index contributed by atoms with van der Waals surface area (Å²) in [5.41, 5.74) is 2.03. The number of rotatable bonds is 10. The van der Waals surface area contributed by atoms with E-state index in [0.717, 1.165) is 69.2 Å². The molecule has 1 aliphatic rings. The van der Waals surface area contributed by atoms with E-state index >= 15 is 0 Å². The number of methoxy groups -OCH3 is 1. The Morgan fingerprint density at radius 3 is 2.59 bits per heavy atom. The van der Waals surface area contributed by atoms with Gasteiger partial charge in [0.2, 0.25) is 0 Å². The van der Waals surface area contributed by atoms with E-state index in [1.807, 2.05) is 6.92 Å². The molecule has 0 unspecified atom stereocenters. The Morgan fingerprint density at radius 1 is 1.16 bits per heavy atom. The van der Waals surface area contributed by atoms with E-state index in [-0.39, 0.29) is 10.9 Å². The van der Waals surface area contributed by atoms with Gasteiger partial charge in [-0.1, -0.05) is 30.1 Å². The van der Waals surface area contributed by atoms with Crippen LogP contribution in [0.4, 0.5) is 11.5 Å². The molecule has 1 aliphatic heterocycles. The molecule has 1 fully saturated rings. The Balaban J connectivity index is 1.39. The SMILES string of the molecule is CCN1CCN(CCCCNc2ncnc3c(C(=O)Nc4c(Cl)c(C)c(Br)c(OC)c4Cl)csc23)CC1. The number of hydrogen-bond donors (Lipinski definition) is 2. The molecule has 12 heteroatoms. The lowest BCUT2D eigenvalue weighted by Crippen LogP contribution is -2.46. The number of carbonyl (C=O) groups is 1. The largest absolute Gasteiger partial charge is 0.494 e. The molecule has 0 radical (unpaired) electrons. The van der Waals surface area contributed by atoms with E-state index in [9.17, 15) is 4.79 Å². The first-order chi connectivity index (χ1) is 17.8. The molecule has 8 nitrogen and oxygen atoms in total. The van der Waals surface area contributed by atoms with Crippen molar-refractivity contribution in [2.45, 2.75) is 26.7 Å². The van der Waals surface area contributed by atoms with Crippen molar-refractivity contribution < 1.29 is 9.53 Å². The molecule has 0 aliphatic carbocycles. The molecule has 2 aromatic heterocycles. The summed E-state index contributed by atoms with van der Waals surface area (Å²) < 4.78 is 6.87. The first-order valence-electron chi connectivity index (χ1n) is 12.3. The maximum Gasteiger partial charge on any atom is 0.258 e. The van der Waals surface area contributed by atoms with Crippen molar-refractivity contribution in [1.82, 2.24) is 19.8 Å². The third kappa shape index (κ3) is 6.32. The van der Waals surface area contributed by atoms with E-state index in [1.165, 1.54) is 24.8 Å². The van der Waals surface area contributed by atoms with Crippen LogP contribution in [0.2, 0.25) is 10.0 Å². The fourth-order valence-electron chi connectivity index (χ4n) is 4.36. The molecule has 0 atom stereocenters. The molecule has 4 rings (SSSR count). The Kier molecular flexibility index (Phi) is 9.88. The smallest absolute Gasteiger partial charge is 0.258 e. The van der Waals surface area contributed by atoms with Crippen LogP contribution in [0.25, 0.3) is 10.2 Å². The average molecular weight is 630 g/mol. The molecule has 0 spiro atoms.